The first-order chi connectivity index (χ1) is 15.7. The van der Waals surface area contributed by atoms with Crippen molar-refractivity contribution >= 4 is 22.4 Å². The molecule has 0 radical (unpaired) electrons. The summed E-state index contributed by atoms with van der Waals surface area (Å²) in [5.41, 5.74) is 1.92. The number of nitrogens with one attached hydrogen (secondary N) is 1. The van der Waals surface area contributed by atoms with Crippen LogP contribution in [-0.4, -0.2) is 50.5 Å². The molecule has 0 amide bonds. The highest BCUT2D eigenvalue weighted by molar-refractivity contribution is 5.93. The molecule has 1 heterocycles. The van der Waals surface area contributed by atoms with Crippen molar-refractivity contribution in [3.8, 4) is 23.8 Å². The molecule has 0 saturated carbocycles. The number of methoxy groups -OCH3 is 2. The second kappa shape index (κ2) is 10.3. The van der Waals surface area contributed by atoms with Crippen molar-refractivity contribution in [2.24, 2.45) is 0 Å². The number of fused-ring (bicyclic) bond motifs is 1. The minimum absolute atomic E-state index is 0.158. The first-order valence-corrected chi connectivity index (χ1v) is 8.65. The molecule has 0 bridgehead atoms. The Balaban J connectivity index is 2.01. The largest absolute Gasteiger partial charge is 0.487 e. The van der Waals surface area contributed by atoms with Crippen molar-refractivity contribution in [3.63, 3.8) is 0 Å². The Kier molecular flexibility index (Phi) is 5.51. The molecule has 7 heteroatoms. The van der Waals surface area contributed by atoms with Gasteiger partial charge in [0, 0.05) is 36.9 Å². The summed E-state index contributed by atoms with van der Waals surface area (Å²) in [4.78, 5) is 8.57. The van der Waals surface area contributed by atoms with Crippen molar-refractivity contribution in [2.45, 2.75) is 0 Å². The fourth-order valence-corrected chi connectivity index (χ4v) is 2.54. The number of hydrogen-bond acceptors (Lipinski definition) is 7. The first kappa shape index (κ1) is 15.6. The van der Waals surface area contributed by atoms with Crippen molar-refractivity contribution in [3.05, 3.63) is 48.3 Å². The summed E-state index contributed by atoms with van der Waals surface area (Å²) < 4.78 is 51.8. The van der Waals surface area contributed by atoms with Gasteiger partial charge in [-0.2, -0.15) is 0 Å². The lowest BCUT2D eigenvalue weighted by Crippen LogP contribution is -2.09. The third-order valence-electron chi connectivity index (χ3n) is 3.85. The zero-order valence-electron chi connectivity index (χ0n) is 20.1. The monoisotopic (exact) mass is 397 g/mol. The second-order valence-corrected chi connectivity index (χ2v) is 5.66. The highest BCUT2D eigenvalue weighted by Gasteiger charge is 2.13. The molecule has 7 nitrogen and oxygen atoms in total. The Morgan fingerprint density at radius 1 is 1.03 bits per heavy atom. The minimum Gasteiger partial charge on any atom is -0.487 e. The predicted molar refractivity (Wildman–Crippen MR) is 112 cm³/mol. The summed E-state index contributed by atoms with van der Waals surface area (Å²) in [6.07, 6.45) is 6.85. The zero-order valence-corrected chi connectivity index (χ0v) is 16.1. The van der Waals surface area contributed by atoms with E-state index < -0.39 is 26.3 Å². The number of ether oxygens (including phenoxy) is 4. The smallest absolute Gasteiger partial charge is 0.163 e. The topological polar surface area (TPSA) is 74.7 Å². The fourth-order valence-electron chi connectivity index (χ4n) is 2.54. The summed E-state index contributed by atoms with van der Waals surface area (Å²) in [5, 5.41) is 3.76. The van der Waals surface area contributed by atoms with Gasteiger partial charge < -0.3 is 24.3 Å². The number of benzene rings is 2. The Morgan fingerprint density at radius 3 is 2.45 bits per heavy atom. The van der Waals surface area contributed by atoms with Crippen molar-refractivity contribution < 1.29 is 24.4 Å². The van der Waals surface area contributed by atoms with E-state index in [4.69, 9.17) is 30.9 Å². The number of terminal acetylenes is 1. The number of nitrogens with zero attached hydrogens (tertiary/aromatic N) is 2. The SMILES string of the molecule is [2H]C([2H])(COc1cc2ncnc(Nc3cccc(C#C)c3)c2cc1OCC([2H])([2H])OC)OC. The average molecular weight is 397 g/mol. The van der Waals surface area contributed by atoms with Gasteiger partial charge in [-0.25, -0.2) is 9.97 Å². The molecule has 0 fully saturated rings. The van der Waals surface area contributed by atoms with Gasteiger partial charge in [-0.3, -0.25) is 0 Å². The normalized spacial score (nSPS) is 13.6. The summed E-state index contributed by atoms with van der Waals surface area (Å²) in [6, 6.07) is 10.4. The molecular formula is C22H23N3O4. The van der Waals surface area contributed by atoms with Crippen LogP contribution in [0.2, 0.25) is 0 Å². The highest BCUT2D eigenvalue weighted by Crippen LogP contribution is 2.35. The van der Waals surface area contributed by atoms with Gasteiger partial charge in [0.05, 0.1) is 24.1 Å². The van der Waals surface area contributed by atoms with Crippen LogP contribution in [0, 0.1) is 12.3 Å². The van der Waals surface area contributed by atoms with Gasteiger partial charge in [0.1, 0.15) is 25.4 Å². The van der Waals surface area contributed by atoms with Crippen LogP contribution in [0.5, 0.6) is 11.5 Å². The number of aromatic nitrogens is 2. The maximum atomic E-state index is 7.76. The van der Waals surface area contributed by atoms with E-state index in [1.54, 1.807) is 24.3 Å². The fraction of sp³-hybridized carbons (Fsp3) is 0.273. The molecule has 29 heavy (non-hydrogen) atoms. The number of rotatable bonds is 10. The number of anilines is 2. The van der Waals surface area contributed by atoms with E-state index in [1.165, 1.54) is 20.5 Å². The van der Waals surface area contributed by atoms with Gasteiger partial charge in [-0.1, -0.05) is 12.0 Å². The Morgan fingerprint density at radius 2 is 1.76 bits per heavy atom. The van der Waals surface area contributed by atoms with E-state index in [-0.39, 0.29) is 11.5 Å². The Labute approximate surface area is 175 Å². The summed E-state index contributed by atoms with van der Waals surface area (Å²) in [5.74, 6) is 3.36. The third kappa shape index (κ3) is 5.35. The van der Waals surface area contributed by atoms with E-state index in [0.717, 1.165) is 5.69 Å². The van der Waals surface area contributed by atoms with Gasteiger partial charge in [0.25, 0.3) is 0 Å². The molecule has 3 aromatic rings. The van der Waals surface area contributed by atoms with Crippen molar-refractivity contribution in [2.75, 3.05) is 45.9 Å². The molecule has 1 aromatic heterocycles. The van der Waals surface area contributed by atoms with Crippen LogP contribution in [0.15, 0.2) is 42.7 Å². The summed E-state index contributed by atoms with van der Waals surface area (Å²) >= 11 is 0. The lowest BCUT2D eigenvalue weighted by Gasteiger charge is -2.15. The molecule has 3 rings (SSSR count). The Hall–Kier alpha value is -3.34. The number of hydrogen-bond donors (Lipinski definition) is 1. The van der Waals surface area contributed by atoms with Gasteiger partial charge >= 0.3 is 0 Å². The van der Waals surface area contributed by atoms with Crippen molar-refractivity contribution in [1.29, 1.82) is 0 Å². The maximum absolute atomic E-state index is 7.76. The molecule has 0 atom stereocenters. The van der Waals surface area contributed by atoms with Crippen LogP contribution in [0.1, 0.15) is 11.0 Å². The molecule has 2 aromatic carbocycles. The van der Waals surface area contributed by atoms with Gasteiger partial charge in [0.15, 0.2) is 11.5 Å². The molecule has 0 spiro atoms. The highest BCUT2D eigenvalue weighted by atomic mass is 16.5. The van der Waals surface area contributed by atoms with Crippen LogP contribution in [0.3, 0.4) is 0 Å². The maximum Gasteiger partial charge on any atom is 0.163 e. The quantitative estimate of drug-likeness (QED) is 0.526. The average Bonchev–Trinajstić information content (AvgIpc) is 2.81. The van der Waals surface area contributed by atoms with Crippen LogP contribution >= 0.6 is 0 Å². The van der Waals surface area contributed by atoms with Crippen LogP contribution in [-0.2, 0) is 9.47 Å². The van der Waals surface area contributed by atoms with E-state index in [1.807, 2.05) is 12.1 Å². The van der Waals surface area contributed by atoms with Crippen LogP contribution in [0.25, 0.3) is 10.9 Å². The van der Waals surface area contributed by atoms with Gasteiger partial charge in [0.2, 0.25) is 0 Å². The third-order valence-corrected chi connectivity index (χ3v) is 3.85. The van der Waals surface area contributed by atoms with Gasteiger partial charge in [-0.15, -0.1) is 6.42 Å². The molecule has 0 aliphatic rings. The van der Waals surface area contributed by atoms with E-state index in [9.17, 15) is 0 Å². The summed E-state index contributed by atoms with van der Waals surface area (Å²) in [6.45, 7) is -4.92. The molecule has 0 saturated heterocycles. The minimum atomic E-state index is -2.04. The molecule has 0 aliphatic carbocycles. The second-order valence-electron chi connectivity index (χ2n) is 5.66. The molecule has 1 N–H and O–H groups in total. The molecule has 0 unspecified atom stereocenters. The molecule has 0 aliphatic heterocycles. The zero-order chi connectivity index (χ0) is 24.1. The van der Waals surface area contributed by atoms with Crippen LogP contribution in [0.4, 0.5) is 11.5 Å². The molecule has 150 valence electrons. The lowest BCUT2D eigenvalue weighted by atomic mass is 10.2. The first-order valence-electron chi connectivity index (χ1n) is 10.6. The van der Waals surface area contributed by atoms with E-state index in [0.29, 0.717) is 22.3 Å². The van der Waals surface area contributed by atoms with Crippen molar-refractivity contribution in [1.82, 2.24) is 9.97 Å². The summed E-state index contributed by atoms with van der Waals surface area (Å²) in [7, 11) is 2.46. The van der Waals surface area contributed by atoms with Gasteiger partial charge in [-0.05, 0) is 24.3 Å². The standard InChI is InChI=1S/C22H23N3O4/c1-4-16-6-5-7-17(12-16)25-22-18-13-20(28-10-8-26-2)21(29-11-9-27-3)14-19(18)23-15-24-22/h1,5-7,12-15H,8-11H2,2-3H3,(H,23,24,25)/i8D2,9D2. The van der Waals surface area contributed by atoms with E-state index in [2.05, 4.69) is 21.2 Å². The Bertz CT molecular complexity index is 1170. The predicted octanol–water partition coefficient (Wildman–Crippen LogP) is 3.41. The van der Waals surface area contributed by atoms with E-state index >= 15 is 0 Å². The lowest BCUT2D eigenvalue weighted by molar-refractivity contribution is 0.132. The van der Waals surface area contributed by atoms with Crippen LogP contribution < -0.4 is 14.8 Å². The molecular weight excluding hydrogens is 370 g/mol.